The average molecular weight is 489 g/mol. The van der Waals surface area contributed by atoms with E-state index in [1.807, 2.05) is 6.07 Å². The molecule has 184 valence electrons. The molecule has 3 rings (SSSR count). The largest absolute Gasteiger partial charge is 0.493 e. The summed E-state index contributed by atoms with van der Waals surface area (Å²) in [5.41, 5.74) is 0.230. The first-order chi connectivity index (χ1) is 16.4. The van der Waals surface area contributed by atoms with Crippen LogP contribution in [-0.2, 0) is 19.6 Å². The van der Waals surface area contributed by atoms with Gasteiger partial charge in [-0.25, -0.2) is 8.42 Å². The lowest BCUT2D eigenvalue weighted by atomic mass is 10.2. The van der Waals surface area contributed by atoms with Crippen LogP contribution in [0.3, 0.4) is 0 Å². The van der Waals surface area contributed by atoms with E-state index < -0.39 is 22.0 Å². The number of hydrogen-bond donors (Lipinski definition) is 1. The van der Waals surface area contributed by atoms with Crippen LogP contribution in [0.2, 0.25) is 0 Å². The van der Waals surface area contributed by atoms with Crippen molar-refractivity contribution in [3.05, 3.63) is 55.1 Å². The molecule has 9 heteroatoms. The second kappa shape index (κ2) is 12.0. The number of benzene rings is 2. The number of nitrogens with one attached hydrogen (secondary N) is 1. The van der Waals surface area contributed by atoms with Crippen molar-refractivity contribution in [1.29, 1.82) is 0 Å². The number of nitrogens with zero attached hydrogens (tertiary/aromatic N) is 1. The second-order valence-electron chi connectivity index (χ2n) is 7.96. The first kappa shape index (κ1) is 25.7. The summed E-state index contributed by atoms with van der Waals surface area (Å²) in [4.78, 5) is 12.9. The van der Waals surface area contributed by atoms with Gasteiger partial charge in [0.15, 0.2) is 17.2 Å². The van der Waals surface area contributed by atoms with Crippen molar-refractivity contribution in [2.24, 2.45) is 0 Å². The Hall–Kier alpha value is -2.88. The van der Waals surface area contributed by atoms with Gasteiger partial charge in [0.1, 0.15) is 6.10 Å². The van der Waals surface area contributed by atoms with E-state index in [0.717, 1.165) is 19.3 Å². The highest BCUT2D eigenvalue weighted by Gasteiger charge is 2.27. The molecule has 1 unspecified atom stereocenters. The quantitative estimate of drug-likeness (QED) is 0.368. The number of carbonyl (C=O) groups is 1. The Morgan fingerprint density at radius 1 is 1.12 bits per heavy atom. The molecular weight excluding hydrogens is 456 g/mol. The van der Waals surface area contributed by atoms with Crippen LogP contribution in [0.15, 0.2) is 60.0 Å². The number of rotatable bonds is 11. The van der Waals surface area contributed by atoms with Crippen molar-refractivity contribution in [2.45, 2.75) is 43.6 Å². The molecule has 0 radical (unpaired) electrons. The molecule has 8 nitrogen and oxygen atoms in total. The van der Waals surface area contributed by atoms with E-state index in [4.69, 9.17) is 14.2 Å². The molecule has 2 aromatic rings. The number of anilines is 1. The van der Waals surface area contributed by atoms with E-state index in [9.17, 15) is 13.2 Å². The minimum atomic E-state index is -3.70. The van der Waals surface area contributed by atoms with Gasteiger partial charge in [0.2, 0.25) is 10.0 Å². The van der Waals surface area contributed by atoms with E-state index in [0.29, 0.717) is 37.6 Å². The highest BCUT2D eigenvalue weighted by atomic mass is 32.2. The van der Waals surface area contributed by atoms with Crippen LogP contribution in [0.1, 0.15) is 32.6 Å². The zero-order valence-corrected chi connectivity index (χ0v) is 20.5. The number of ether oxygens (including phenoxy) is 3. The third kappa shape index (κ3) is 6.37. The standard InChI is InChI=1S/C25H32N2O6S/c1-4-5-17-32-19(2)25(28)26-21-18-20(34(29,30)27-15-9-6-10-16-27)13-14-22(21)33-24-12-8-7-11-23(24)31-3/h4,7-8,11-14,18-19H,1,5-6,9-10,15-17H2,2-3H3,(H,26,28). The molecule has 0 spiro atoms. The smallest absolute Gasteiger partial charge is 0.253 e. The summed E-state index contributed by atoms with van der Waals surface area (Å²) in [6.45, 7) is 6.59. The zero-order valence-electron chi connectivity index (χ0n) is 19.7. The molecule has 1 fully saturated rings. The van der Waals surface area contributed by atoms with Crippen molar-refractivity contribution in [1.82, 2.24) is 4.31 Å². The summed E-state index contributed by atoms with van der Waals surface area (Å²) in [6, 6.07) is 11.5. The molecule has 0 aliphatic carbocycles. The molecule has 0 bridgehead atoms. The highest BCUT2D eigenvalue weighted by Crippen LogP contribution is 2.37. The molecule has 1 saturated heterocycles. The second-order valence-corrected chi connectivity index (χ2v) is 9.89. The van der Waals surface area contributed by atoms with Gasteiger partial charge in [-0.3, -0.25) is 4.79 Å². The van der Waals surface area contributed by atoms with Crippen LogP contribution >= 0.6 is 0 Å². The van der Waals surface area contributed by atoms with Crippen molar-refractivity contribution < 1.29 is 27.4 Å². The lowest BCUT2D eigenvalue weighted by Crippen LogP contribution is -2.35. The Labute approximate surface area is 201 Å². The number of sulfonamides is 1. The van der Waals surface area contributed by atoms with Crippen LogP contribution in [0, 0.1) is 0 Å². The number of piperidine rings is 1. The fourth-order valence-electron chi connectivity index (χ4n) is 3.57. The van der Waals surface area contributed by atoms with E-state index in [-0.39, 0.29) is 16.3 Å². The molecule has 1 heterocycles. The van der Waals surface area contributed by atoms with Crippen LogP contribution in [0.4, 0.5) is 5.69 Å². The third-order valence-electron chi connectivity index (χ3n) is 5.51. The number of carbonyl (C=O) groups excluding carboxylic acids is 1. The predicted molar refractivity (Wildman–Crippen MR) is 131 cm³/mol. The fraction of sp³-hybridized carbons (Fsp3) is 0.400. The van der Waals surface area contributed by atoms with Gasteiger partial charge >= 0.3 is 0 Å². The van der Waals surface area contributed by atoms with E-state index in [1.165, 1.54) is 23.5 Å². The number of hydrogen-bond acceptors (Lipinski definition) is 6. The van der Waals surface area contributed by atoms with E-state index >= 15 is 0 Å². The Kier molecular flexibility index (Phi) is 9.09. The molecule has 0 aromatic heterocycles. The van der Waals surface area contributed by atoms with Gasteiger partial charge < -0.3 is 19.5 Å². The van der Waals surface area contributed by atoms with Crippen LogP contribution in [-0.4, -0.2) is 51.5 Å². The summed E-state index contributed by atoms with van der Waals surface area (Å²) in [5.74, 6) is 0.809. The maximum absolute atomic E-state index is 13.2. The monoisotopic (exact) mass is 488 g/mol. The molecule has 1 aliphatic rings. The SMILES string of the molecule is C=CCCOC(C)C(=O)Nc1cc(S(=O)(=O)N2CCCCC2)ccc1Oc1ccccc1OC. The van der Waals surface area contributed by atoms with Crippen molar-refractivity contribution in [3.63, 3.8) is 0 Å². The van der Waals surface area contributed by atoms with Crippen molar-refractivity contribution in [2.75, 3.05) is 32.1 Å². The molecule has 0 saturated carbocycles. The molecule has 1 amide bonds. The lowest BCUT2D eigenvalue weighted by Gasteiger charge is -2.26. The van der Waals surface area contributed by atoms with Crippen LogP contribution in [0.5, 0.6) is 17.2 Å². The van der Waals surface area contributed by atoms with Crippen molar-refractivity contribution >= 4 is 21.6 Å². The Balaban J connectivity index is 1.93. The van der Waals surface area contributed by atoms with Gasteiger partial charge in [-0.1, -0.05) is 24.6 Å². The molecule has 1 N–H and O–H groups in total. The zero-order chi connectivity index (χ0) is 24.6. The molecule has 2 aromatic carbocycles. The van der Waals surface area contributed by atoms with Gasteiger partial charge in [0, 0.05) is 13.1 Å². The van der Waals surface area contributed by atoms with Crippen molar-refractivity contribution in [3.8, 4) is 17.2 Å². The molecule has 1 aliphatic heterocycles. The number of amides is 1. The maximum atomic E-state index is 13.2. The number of methoxy groups -OCH3 is 1. The molecular formula is C25H32N2O6S. The Morgan fingerprint density at radius 2 is 1.82 bits per heavy atom. The molecule has 1 atom stereocenters. The number of para-hydroxylation sites is 2. The average Bonchev–Trinajstić information content (AvgIpc) is 2.85. The minimum Gasteiger partial charge on any atom is -0.493 e. The Bertz CT molecular complexity index is 1100. The topological polar surface area (TPSA) is 94.2 Å². The van der Waals surface area contributed by atoms with Gasteiger partial charge in [-0.15, -0.1) is 6.58 Å². The van der Waals surface area contributed by atoms with Gasteiger partial charge in [0.25, 0.3) is 5.91 Å². The Morgan fingerprint density at radius 3 is 2.50 bits per heavy atom. The predicted octanol–water partition coefficient (Wildman–Crippen LogP) is 4.58. The maximum Gasteiger partial charge on any atom is 0.253 e. The normalized spacial score (nSPS) is 15.4. The van der Waals surface area contributed by atoms with E-state index in [1.54, 1.807) is 37.3 Å². The third-order valence-corrected chi connectivity index (χ3v) is 7.40. The fourth-order valence-corrected chi connectivity index (χ4v) is 5.11. The summed E-state index contributed by atoms with van der Waals surface area (Å²) < 4.78 is 44.8. The highest BCUT2D eigenvalue weighted by molar-refractivity contribution is 7.89. The van der Waals surface area contributed by atoms with Crippen LogP contribution in [0.25, 0.3) is 0 Å². The van der Waals surface area contributed by atoms with E-state index in [2.05, 4.69) is 11.9 Å². The van der Waals surface area contributed by atoms with Crippen LogP contribution < -0.4 is 14.8 Å². The summed E-state index contributed by atoms with van der Waals surface area (Å²) in [6.07, 6.45) is 4.25. The van der Waals surface area contributed by atoms with Gasteiger partial charge in [0.05, 0.1) is 24.3 Å². The summed E-state index contributed by atoms with van der Waals surface area (Å²) in [7, 11) is -2.17. The first-order valence-electron chi connectivity index (χ1n) is 11.3. The van der Waals surface area contributed by atoms with Gasteiger partial charge in [-0.05, 0) is 56.5 Å². The summed E-state index contributed by atoms with van der Waals surface area (Å²) >= 11 is 0. The van der Waals surface area contributed by atoms with Gasteiger partial charge in [-0.2, -0.15) is 4.31 Å². The minimum absolute atomic E-state index is 0.0947. The summed E-state index contributed by atoms with van der Waals surface area (Å²) in [5, 5.41) is 2.77. The first-order valence-corrected chi connectivity index (χ1v) is 12.8. The molecule has 34 heavy (non-hydrogen) atoms. The lowest BCUT2D eigenvalue weighted by molar-refractivity contribution is -0.126.